The van der Waals surface area contributed by atoms with Gasteiger partial charge < -0.3 is 10.6 Å². The van der Waals surface area contributed by atoms with E-state index in [1.165, 1.54) is 11.3 Å². The Morgan fingerprint density at radius 3 is 3.12 bits per heavy atom. The molecular formula is C11H11N3O2S. The topological polar surface area (TPSA) is 82.0 Å². The molecule has 1 aliphatic rings. The SMILES string of the molecule is N#Cc1ccsc1NC(=O)C1CCC(=O)NC1. The molecule has 1 aromatic rings. The summed E-state index contributed by atoms with van der Waals surface area (Å²) in [6.45, 7) is 0.373. The van der Waals surface area contributed by atoms with E-state index >= 15 is 0 Å². The van der Waals surface area contributed by atoms with Crippen LogP contribution >= 0.6 is 11.3 Å². The Morgan fingerprint density at radius 1 is 1.65 bits per heavy atom. The standard InChI is InChI=1S/C11H11N3O2S/c12-5-7-3-4-17-11(7)14-10(16)8-1-2-9(15)13-6-8/h3-4,8H,1-2,6H2,(H,13,15)(H,14,16). The summed E-state index contributed by atoms with van der Waals surface area (Å²) >= 11 is 1.33. The summed E-state index contributed by atoms with van der Waals surface area (Å²) in [5, 5.41) is 16.5. The van der Waals surface area contributed by atoms with Gasteiger partial charge in [-0.3, -0.25) is 9.59 Å². The second-order valence-electron chi connectivity index (χ2n) is 3.80. The van der Waals surface area contributed by atoms with Crippen molar-refractivity contribution in [3.63, 3.8) is 0 Å². The number of nitrogens with one attached hydrogen (secondary N) is 2. The largest absolute Gasteiger partial charge is 0.355 e. The zero-order valence-electron chi connectivity index (χ0n) is 9.03. The number of nitrogens with zero attached hydrogens (tertiary/aromatic N) is 1. The van der Waals surface area contributed by atoms with Gasteiger partial charge in [0.05, 0.1) is 11.5 Å². The molecule has 2 rings (SSSR count). The number of anilines is 1. The van der Waals surface area contributed by atoms with E-state index in [0.717, 1.165) is 0 Å². The zero-order chi connectivity index (χ0) is 12.3. The minimum absolute atomic E-state index is 0.0112. The Balaban J connectivity index is 1.98. The van der Waals surface area contributed by atoms with Crippen LogP contribution in [0.1, 0.15) is 18.4 Å². The fourth-order valence-corrected chi connectivity index (χ4v) is 2.41. The van der Waals surface area contributed by atoms with Gasteiger partial charge in [-0.2, -0.15) is 5.26 Å². The number of rotatable bonds is 2. The normalized spacial score (nSPS) is 19.2. The number of nitriles is 1. The van der Waals surface area contributed by atoms with Crippen molar-refractivity contribution in [3.05, 3.63) is 17.0 Å². The lowest BCUT2D eigenvalue weighted by Crippen LogP contribution is -2.40. The first-order valence-electron chi connectivity index (χ1n) is 5.26. The smallest absolute Gasteiger partial charge is 0.229 e. The fourth-order valence-electron chi connectivity index (χ4n) is 1.66. The lowest BCUT2D eigenvalue weighted by Gasteiger charge is -2.21. The van der Waals surface area contributed by atoms with E-state index in [0.29, 0.717) is 30.0 Å². The van der Waals surface area contributed by atoms with Crippen LogP contribution in [0.15, 0.2) is 11.4 Å². The van der Waals surface area contributed by atoms with Gasteiger partial charge in [-0.05, 0) is 17.9 Å². The number of carbonyl (C=O) groups excluding carboxylic acids is 2. The summed E-state index contributed by atoms with van der Waals surface area (Å²) in [7, 11) is 0. The summed E-state index contributed by atoms with van der Waals surface area (Å²) in [6, 6.07) is 3.69. The van der Waals surface area contributed by atoms with Crippen molar-refractivity contribution in [2.45, 2.75) is 12.8 Å². The summed E-state index contributed by atoms with van der Waals surface area (Å²) in [4.78, 5) is 22.8. The van der Waals surface area contributed by atoms with Crippen LogP contribution in [0, 0.1) is 17.2 Å². The highest BCUT2D eigenvalue weighted by Crippen LogP contribution is 2.23. The van der Waals surface area contributed by atoms with Crippen molar-refractivity contribution in [3.8, 4) is 6.07 Å². The molecule has 2 N–H and O–H groups in total. The molecule has 1 saturated heterocycles. The number of carbonyl (C=O) groups is 2. The Kier molecular flexibility index (Phi) is 3.40. The summed E-state index contributed by atoms with van der Waals surface area (Å²) in [5.41, 5.74) is 0.475. The molecule has 1 unspecified atom stereocenters. The van der Waals surface area contributed by atoms with Gasteiger partial charge in [0.25, 0.3) is 0 Å². The maximum absolute atomic E-state index is 11.9. The summed E-state index contributed by atoms with van der Waals surface area (Å²) < 4.78 is 0. The van der Waals surface area contributed by atoms with Crippen LogP contribution < -0.4 is 10.6 Å². The lowest BCUT2D eigenvalue weighted by atomic mass is 9.98. The van der Waals surface area contributed by atoms with Gasteiger partial charge in [-0.25, -0.2) is 0 Å². The molecule has 0 bridgehead atoms. The van der Waals surface area contributed by atoms with E-state index < -0.39 is 0 Å². The van der Waals surface area contributed by atoms with Gasteiger partial charge in [-0.15, -0.1) is 11.3 Å². The van der Waals surface area contributed by atoms with Crippen LogP contribution in [0.5, 0.6) is 0 Å². The van der Waals surface area contributed by atoms with E-state index in [2.05, 4.69) is 10.6 Å². The van der Waals surface area contributed by atoms with Crippen LogP contribution in [0.2, 0.25) is 0 Å². The Hall–Kier alpha value is -1.87. The Labute approximate surface area is 102 Å². The molecule has 1 aromatic heterocycles. The predicted molar refractivity (Wildman–Crippen MR) is 63.4 cm³/mol. The first-order valence-corrected chi connectivity index (χ1v) is 6.14. The van der Waals surface area contributed by atoms with Crippen LogP contribution in [-0.2, 0) is 9.59 Å². The molecule has 0 spiro atoms. The van der Waals surface area contributed by atoms with Crippen molar-refractivity contribution in [1.82, 2.24) is 5.32 Å². The second-order valence-corrected chi connectivity index (χ2v) is 4.72. The lowest BCUT2D eigenvalue weighted by molar-refractivity contribution is -0.126. The molecule has 0 saturated carbocycles. The molecule has 5 nitrogen and oxygen atoms in total. The van der Waals surface area contributed by atoms with Gasteiger partial charge in [0.1, 0.15) is 11.1 Å². The van der Waals surface area contributed by atoms with Gasteiger partial charge in [0.2, 0.25) is 11.8 Å². The minimum Gasteiger partial charge on any atom is -0.355 e. The van der Waals surface area contributed by atoms with Gasteiger partial charge >= 0.3 is 0 Å². The minimum atomic E-state index is -0.207. The fraction of sp³-hybridized carbons (Fsp3) is 0.364. The maximum atomic E-state index is 11.9. The molecule has 6 heteroatoms. The first-order chi connectivity index (χ1) is 8.20. The third kappa shape index (κ3) is 2.63. The van der Waals surface area contributed by atoms with Gasteiger partial charge in [0.15, 0.2) is 0 Å². The number of piperidine rings is 1. The summed E-state index contributed by atoms with van der Waals surface area (Å²) in [6.07, 6.45) is 0.943. The quantitative estimate of drug-likeness (QED) is 0.823. The maximum Gasteiger partial charge on any atom is 0.229 e. The van der Waals surface area contributed by atoms with Crippen LogP contribution in [0.25, 0.3) is 0 Å². The van der Waals surface area contributed by atoms with Crippen molar-refractivity contribution in [2.24, 2.45) is 5.92 Å². The van der Waals surface area contributed by atoms with Crippen LogP contribution in [-0.4, -0.2) is 18.4 Å². The van der Waals surface area contributed by atoms with Crippen molar-refractivity contribution in [2.75, 3.05) is 11.9 Å². The third-order valence-corrected chi connectivity index (χ3v) is 3.49. The Morgan fingerprint density at radius 2 is 2.47 bits per heavy atom. The number of hydrogen-bond acceptors (Lipinski definition) is 4. The summed E-state index contributed by atoms with van der Waals surface area (Å²) in [5.74, 6) is -0.354. The van der Waals surface area contributed by atoms with Crippen molar-refractivity contribution in [1.29, 1.82) is 5.26 Å². The highest BCUT2D eigenvalue weighted by Gasteiger charge is 2.25. The average molecular weight is 249 g/mol. The van der Waals surface area contributed by atoms with Crippen LogP contribution in [0.3, 0.4) is 0 Å². The molecule has 0 aromatic carbocycles. The van der Waals surface area contributed by atoms with Crippen LogP contribution in [0.4, 0.5) is 5.00 Å². The number of hydrogen-bond donors (Lipinski definition) is 2. The molecule has 2 heterocycles. The van der Waals surface area contributed by atoms with E-state index in [1.807, 2.05) is 6.07 Å². The molecule has 1 fully saturated rings. The van der Waals surface area contributed by atoms with Gasteiger partial charge in [0, 0.05) is 13.0 Å². The molecule has 1 aliphatic heterocycles. The number of amides is 2. The Bertz CT molecular complexity index is 479. The predicted octanol–water partition coefficient (Wildman–Crippen LogP) is 1.08. The van der Waals surface area contributed by atoms with Crippen molar-refractivity contribution >= 4 is 28.2 Å². The van der Waals surface area contributed by atoms with Crippen molar-refractivity contribution < 1.29 is 9.59 Å². The highest BCUT2D eigenvalue weighted by molar-refractivity contribution is 7.14. The molecule has 17 heavy (non-hydrogen) atoms. The molecule has 0 radical (unpaired) electrons. The molecule has 1 atom stereocenters. The van der Waals surface area contributed by atoms with E-state index in [1.54, 1.807) is 11.4 Å². The molecule has 88 valence electrons. The first kappa shape index (κ1) is 11.6. The molecular weight excluding hydrogens is 238 g/mol. The van der Waals surface area contributed by atoms with E-state index in [9.17, 15) is 9.59 Å². The molecule has 0 aliphatic carbocycles. The zero-order valence-corrected chi connectivity index (χ0v) is 9.84. The molecule has 2 amide bonds. The average Bonchev–Trinajstić information content (AvgIpc) is 2.77. The van der Waals surface area contributed by atoms with E-state index in [4.69, 9.17) is 5.26 Å². The second kappa shape index (κ2) is 4.97. The van der Waals surface area contributed by atoms with E-state index in [-0.39, 0.29) is 17.7 Å². The third-order valence-electron chi connectivity index (χ3n) is 2.66. The van der Waals surface area contributed by atoms with Gasteiger partial charge in [-0.1, -0.05) is 0 Å². The number of thiophene rings is 1. The monoisotopic (exact) mass is 249 g/mol. The highest BCUT2D eigenvalue weighted by atomic mass is 32.1.